The van der Waals surface area contributed by atoms with E-state index in [1.165, 1.54) is 34.6 Å². The van der Waals surface area contributed by atoms with Crippen molar-refractivity contribution in [3.8, 4) is 72.4 Å². The first-order chi connectivity index (χ1) is 41.5. The second-order valence-electron chi connectivity index (χ2n) is 21.8. The van der Waals surface area contributed by atoms with Gasteiger partial charge in [0.1, 0.15) is 11.6 Å². The summed E-state index contributed by atoms with van der Waals surface area (Å²) < 4.78 is 33.8. The van der Waals surface area contributed by atoms with Crippen LogP contribution in [0.5, 0.6) is 0 Å². The SMILES string of the molecule is Fc1cccc(F)c1-c1ccccc1-n1c2ccccc2c2cc(-c3cc4c5c(c3)N(c3cc(-c6ccccc6)cc(-c6ccccc6)c3)c3ccccc3B5c3ccccc3N4c3cc(-c4ccccc4)cc(-c4ccccc4)c3)ccc21. The normalized spacial score (nSPS) is 12.3. The van der Waals surface area contributed by atoms with Crippen LogP contribution in [0.2, 0.25) is 0 Å². The van der Waals surface area contributed by atoms with E-state index in [0.717, 1.165) is 112 Å². The molecule has 14 aromatic rings. The molecule has 2 aliphatic heterocycles. The van der Waals surface area contributed by atoms with Gasteiger partial charge in [-0.25, -0.2) is 8.78 Å². The fourth-order valence-corrected chi connectivity index (χ4v) is 13.3. The Morgan fingerprint density at radius 2 is 0.667 bits per heavy atom. The van der Waals surface area contributed by atoms with Crippen LogP contribution in [0, 0.1) is 11.6 Å². The van der Waals surface area contributed by atoms with Crippen LogP contribution in [0.3, 0.4) is 0 Å². The number of nitrogens with zero attached hydrogens (tertiary/aromatic N) is 3. The van der Waals surface area contributed by atoms with Gasteiger partial charge >= 0.3 is 0 Å². The van der Waals surface area contributed by atoms with Crippen LogP contribution in [0.15, 0.2) is 303 Å². The highest BCUT2D eigenvalue weighted by Crippen LogP contribution is 2.49. The summed E-state index contributed by atoms with van der Waals surface area (Å²) >= 11 is 0. The molecule has 0 N–H and O–H groups in total. The molecule has 0 radical (unpaired) electrons. The Bertz CT molecular complexity index is 4550. The average Bonchev–Trinajstić information content (AvgIpc) is 1.91. The van der Waals surface area contributed by atoms with Gasteiger partial charge in [-0.15, -0.1) is 0 Å². The van der Waals surface area contributed by atoms with Crippen molar-refractivity contribution in [1.82, 2.24) is 4.57 Å². The van der Waals surface area contributed by atoms with Crippen molar-refractivity contribution in [2.24, 2.45) is 0 Å². The maximum absolute atomic E-state index is 15.8. The van der Waals surface area contributed by atoms with Crippen molar-refractivity contribution in [3.63, 3.8) is 0 Å². The zero-order valence-corrected chi connectivity index (χ0v) is 45.5. The molecule has 84 heavy (non-hydrogen) atoms. The van der Waals surface area contributed by atoms with Crippen LogP contribution < -0.4 is 26.2 Å². The molecule has 2 aliphatic rings. The van der Waals surface area contributed by atoms with Crippen molar-refractivity contribution in [2.45, 2.75) is 0 Å². The second-order valence-corrected chi connectivity index (χ2v) is 21.8. The van der Waals surface area contributed by atoms with Crippen molar-refractivity contribution < 1.29 is 8.78 Å². The Labute approximate surface area is 487 Å². The molecular weight excluding hydrogens is 1030 g/mol. The molecule has 0 fully saturated rings. The van der Waals surface area contributed by atoms with Gasteiger partial charge in [0.25, 0.3) is 6.71 Å². The van der Waals surface area contributed by atoms with Crippen molar-refractivity contribution in [3.05, 3.63) is 315 Å². The predicted octanol–water partition coefficient (Wildman–Crippen LogP) is 19.1. The number of hydrogen-bond donors (Lipinski definition) is 0. The van der Waals surface area contributed by atoms with E-state index in [9.17, 15) is 0 Å². The van der Waals surface area contributed by atoms with E-state index in [2.05, 4.69) is 269 Å². The molecule has 0 amide bonds. The number of benzene rings is 13. The third-order valence-electron chi connectivity index (χ3n) is 17.0. The number of rotatable bonds is 9. The summed E-state index contributed by atoms with van der Waals surface area (Å²) in [6, 6.07) is 106. The quantitative estimate of drug-likeness (QED) is 0.134. The number of halogens is 2. The minimum absolute atomic E-state index is 0.0513. The zero-order chi connectivity index (χ0) is 55.8. The summed E-state index contributed by atoms with van der Waals surface area (Å²) in [6.45, 7) is -0.111. The van der Waals surface area contributed by atoms with E-state index in [1.54, 1.807) is 0 Å². The van der Waals surface area contributed by atoms with E-state index in [1.807, 2.05) is 30.3 Å². The van der Waals surface area contributed by atoms with Crippen LogP contribution in [-0.4, -0.2) is 11.3 Å². The molecule has 0 saturated carbocycles. The van der Waals surface area contributed by atoms with Crippen molar-refractivity contribution in [1.29, 1.82) is 0 Å². The summed E-state index contributed by atoms with van der Waals surface area (Å²) in [4.78, 5) is 5.02. The predicted molar refractivity (Wildman–Crippen MR) is 347 cm³/mol. The number of fused-ring (bicyclic) bond motifs is 7. The van der Waals surface area contributed by atoms with Crippen molar-refractivity contribution >= 4 is 79.0 Å². The van der Waals surface area contributed by atoms with Gasteiger partial charge in [-0.05, 0) is 169 Å². The van der Waals surface area contributed by atoms with Gasteiger partial charge in [-0.3, -0.25) is 0 Å². The maximum Gasteiger partial charge on any atom is 0.252 e. The molecule has 0 spiro atoms. The molecule has 3 nitrogen and oxygen atoms in total. The second kappa shape index (κ2) is 20.0. The Morgan fingerprint density at radius 1 is 0.262 bits per heavy atom. The standard InChI is InChI=1S/C78H50BF2N3/c80-68-34-21-35-69(81)77(68)64-31-14-18-37-71(64)84-70-36-17-13-30-63(70)65-48-55(40-41-72(65)84)60-49-75-78-76(50-60)83(62-46-58(53-26-9-3-10-27-53)43-59(47-62)54-28-11-4-12-29-54)74-39-20-16-33-67(74)79(78)66-32-15-19-38-73(66)82(75)61-44-56(51-22-5-1-6-23-51)42-57(45-61)52-24-7-2-8-25-52/h1-50H. The van der Waals surface area contributed by atoms with E-state index >= 15 is 8.78 Å². The lowest BCUT2D eigenvalue weighted by molar-refractivity contribution is 0.589. The van der Waals surface area contributed by atoms with Crippen LogP contribution in [0.1, 0.15) is 0 Å². The highest BCUT2D eigenvalue weighted by molar-refractivity contribution is 7.00. The molecule has 13 aromatic carbocycles. The molecular formula is C78H50BF2N3. The van der Waals surface area contributed by atoms with Gasteiger partial charge < -0.3 is 14.4 Å². The highest BCUT2D eigenvalue weighted by Gasteiger charge is 2.44. The first-order valence-electron chi connectivity index (χ1n) is 28.6. The molecule has 394 valence electrons. The highest BCUT2D eigenvalue weighted by atomic mass is 19.1. The van der Waals surface area contributed by atoms with E-state index in [4.69, 9.17) is 0 Å². The number of anilines is 6. The van der Waals surface area contributed by atoms with Crippen molar-refractivity contribution in [2.75, 3.05) is 9.80 Å². The fourth-order valence-electron chi connectivity index (χ4n) is 13.3. The zero-order valence-electron chi connectivity index (χ0n) is 45.5. The third-order valence-corrected chi connectivity index (χ3v) is 17.0. The van der Waals surface area contributed by atoms with E-state index < -0.39 is 11.6 Å². The number of para-hydroxylation sites is 4. The maximum atomic E-state index is 15.8. The van der Waals surface area contributed by atoms with Gasteiger partial charge in [-0.2, -0.15) is 0 Å². The monoisotopic (exact) mass is 1080 g/mol. The first-order valence-corrected chi connectivity index (χ1v) is 28.6. The molecule has 16 rings (SSSR count). The summed E-state index contributed by atoms with van der Waals surface area (Å²) in [5, 5.41) is 2.05. The Morgan fingerprint density at radius 3 is 1.17 bits per heavy atom. The topological polar surface area (TPSA) is 11.4 Å². The van der Waals surface area contributed by atoms with E-state index in [0.29, 0.717) is 11.3 Å². The van der Waals surface area contributed by atoms with Gasteiger partial charge in [0, 0.05) is 50.5 Å². The molecule has 0 atom stereocenters. The van der Waals surface area contributed by atoms with Crippen LogP contribution in [-0.2, 0) is 0 Å². The lowest BCUT2D eigenvalue weighted by atomic mass is 9.33. The molecule has 0 saturated heterocycles. The summed E-state index contributed by atoms with van der Waals surface area (Å²) in [6.07, 6.45) is 0. The summed E-state index contributed by atoms with van der Waals surface area (Å²) in [7, 11) is 0. The molecule has 1 aromatic heterocycles. The number of aromatic nitrogens is 1. The largest absolute Gasteiger partial charge is 0.311 e. The Kier molecular flexibility index (Phi) is 11.7. The Balaban J connectivity index is 0.991. The van der Waals surface area contributed by atoms with Gasteiger partial charge in [0.05, 0.1) is 22.3 Å². The smallest absolute Gasteiger partial charge is 0.252 e. The Hall–Kier alpha value is -10.8. The van der Waals surface area contributed by atoms with Crippen LogP contribution >= 0.6 is 0 Å². The van der Waals surface area contributed by atoms with Crippen LogP contribution in [0.4, 0.5) is 42.9 Å². The molecule has 0 aliphatic carbocycles. The third kappa shape index (κ3) is 8.09. The average molecular weight is 1080 g/mol. The van der Waals surface area contributed by atoms with Gasteiger partial charge in [-0.1, -0.05) is 206 Å². The molecule has 0 unspecified atom stereocenters. The minimum atomic E-state index is -0.608. The summed E-state index contributed by atoms with van der Waals surface area (Å²) in [5.74, 6) is -1.22. The summed E-state index contributed by atoms with van der Waals surface area (Å²) in [5.41, 5.74) is 24.2. The molecule has 6 heteroatoms. The number of hydrogen-bond acceptors (Lipinski definition) is 2. The lowest BCUT2D eigenvalue weighted by Gasteiger charge is -2.44. The minimum Gasteiger partial charge on any atom is -0.311 e. The molecule has 3 heterocycles. The van der Waals surface area contributed by atoms with Gasteiger partial charge in [0.15, 0.2) is 0 Å². The fraction of sp³-hybridized carbons (Fsp3) is 0. The van der Waals surface area contributed by atoms with E-state index in [-0.39, 0.29) is 12.3 Å². The van der Waals surface area contributed by atoms with Crippen LogP contribution in [0.25, 0.3) is 94.3 Å². The first kappa shape index (κ1) is 49.0. The lowest BCUT2D eigenvalue weighted by Crippen LogP contribution is -2.61. The van der Waals surface area contributed by atoms with Gasteiger partial charge in [0.2, 0.25) is 0 Å². The molecule has 0 bridgehead atoms.